The van der Waals surface area contributed by atoms with Gasteiger partial charge in [0.05, 0.1) is 0 Å². The highest BCUT2D eigenvalue weighted by molar-refractivity contribution is 7.02. The van der Waals surface area contributed by atoms with E-state index in [-0.39, 0.29) is 21.7 Å². The monoisotopic (exact) mass is 773 g/mol. The minimum atomic E-state index is -1.97. The van der Waals surface area contributed by atoms with Gasteiger partial charge in [0.25, 0.3) is 0 Å². The van der Waals surface area contributed by atoms with Crippen LogP contribution in [0, 0.1) is 13.8 Å². The minimum Gasteiger partial charge on any atom is -0.355 e. The molecule has 1 radical (unpaired) electrons. The van der Waals surface area contributed by atoms with Crippen molar-refractivity contribution in [2.24, 2.45) is 0 Å². The van der Waals surface area contributed by atoms with Crippen molar-refractivity contribution in [3.05, 3.63) is 148 Å². The molecule has 2 nitrogen and oxygen atoms in total. The second kappa shape index (κ2) is 12.1. The molecule has 2 heterocycles. The van der Waals surface area contributed by atoms with Gasteiger partial charge in [-0.2, -0.15) is 0 Å². The Balaban J connectivity index is 1.27. The number of fused-ring (bicyclic) bond motifs is 7. The average Bonchev–Trinajstić information content (AvgIpc) is 3.18. The number of aryl methyl sites for hydroxylation is 2. The molecule has 6 aromatic carbocycles. The predicted octanol–water partition coefficient (Wildman–Crippen LogP) is 11.6. The fourth-order valence-electron chi connectivity index (χ4n) is 11.5. The molecule has 0 saturated carbocycles. The highest BCUT2D eigenvalue weighted by Crippen LogP contribution is 2.53. The summed E-state index contributed by atoms with van der Waals surface area (Å²) in [6.45, 7) is 29.2. The number of nitrogens with zero attached hydrogens (tertiary/aromatic N) is 1. The molecule has 291 valence electrons. The molecule has 6 aromatic rings. The molecule has 4 heteroatoms. The zero-order chi connectivity index (χ0) is 40.9. The fraction of sp³-hybridized carbons (Fsp3) is 0.333. The summed E-state index contributed by atoms with van der Waals surface area (Å²) in [5.74, 6) is 0. The molecule has 0 atom stereocenters. The number of anilines is 5. The Hall–Kier alpha value is -4.80. The van der Waals surface area contributed by atoms with Gasteiger partial charge in [-0.1, -0.05) is 153 Å². The van der Waals surface area contributed by atoms with Gasteiger partial charge in [0, 0.05) is 44.8 Å². The standard InChI is InChI=1S/C54H58BN2Si/c1-32-26-35(34-18-17-23-48-50(34)56-43-21-15-16-22-47(43)58(48,11)12)49-46(27-32)57(44-30-39-38(28-33(44)2)51(3,4)24-25-52(39,5)6)45-31-41-40(29-42(45)55-49)53(7,8)36-19-13-14-20-37(36)54(41,9)10/h13-23,26-31,56H,24-25H2,1-12H3. The van der Waals surface area contributed by atoms with Crippen LogP contribution >= 0.6 is 0 Å². The van der Waals surface area contributed by atoms with Gasteiger partial charge in [0.2, 0.25) is 0 Å². The van der Waals surface area contributed by atoms with E-state index in [1.807, 2.05) is 0 Å². The van der Waals surface area contributed by atoms with Crippen LogP contribution in [0.3, 0.4) is 0 Å². The summed E-state index contributed by atoms with van der Waals surface area (Å²) in [6, 6.07) is 40.4. The van der Waals surface area contributed by atoms with E-state index in [0.717, 1.165) is 0 Å². The first kappa shape index (κ1) is 37.5. The van der Waals surface area contributed by atoms with Crippen LogP contribution in [0.25, 0.3) is 11.1 Å². The topological polar surface area (TPSA) is 15.3 Å². The lowest BCUT2D eigenvalue weighted by molar-refractivity contribution is 0.332. The van der Waals surface area contributed by atoms with Gasteiger partial charge < -0.3 is 10.2 Å². The van der Waals surface area contributed by atoms with E-state index in [1.54, 1.807) is 0 Å². The summed E-state index contributed by atoms with van der Waals surface area (Å²) < 4.78 is 0. The third kappa shape index (κ3) is 5.16. The quantitative estimate of drug-likeness (QED) is 0.176. The smallest absolute Gasteiger partial charge is 0.197 e. The van der Waals surface area contributed by atoms with Crippen LogP contribution in [0.1, 0.15) is 113 Å². The van der Waals surface area contributed by atoms with Crippen molar-refractivity contribution in [3.8, 4) is 11.1 Å². The first-order valence-electron chi connectivity index (χ1n) is 21.6. The van der Waals surface area contributed by atoms with Crippen molar-refractivity contribution in [3.63, 3.8) is 0 Å². The van der Waals surface area contributed by atoms with Crippen molar-refractivity contribution >= 4 is 65.1 Å². The van der Waals surface area contributed by atoms with Gasteiger partial charge in [-0.3, -0.25) is 0 Å². The van der Waals surface area contributed by atoms with Crippen LogP contribution in [0.2, 0.25) is 13.1 Å². The van der Waals surface area contributed by atoms with Crippen molar-refractivity contribution in [2.75, 3.05) is 10.2 Å². The molecule has 2 aliphatic carbocycles. The van der Waals surface area contributed by atoms with Crippen LogP contribution in [0.4, 0.5) is 28.4 Å². The molecule has 1 N–H and O–H groups in total. The Morgan fingerprint density at radius 2 is 1.14 bits per heavy atom. The maximum Gasteiger partial charge on any atom is 0.197 e. The van der Waals surface area contributed by atoms with Crippen molar-refractivity contribution in [1.82, 2.24) is 0 Å². The molecular weight excluding hydrogens is 716 g/mol. The number of benzene rings is 6. The number of hydrogen-bond acceptors (Lipinski definition) is 2. The highest BCUT2D eigenvalue weighted by atomic mass is 28.3. The lowest BCUT2D eigenvalue weighted by Crippen LogP contribution is -2.57. The maximum atomic E-state index is 3.99. The lowest BCUT2D eigenvalue weighted by Gasteiger charge is -2.46. The van der Waals surface area contributed by atoms with Gasteiger partial charge >= 0.3 is 0 Å². The second-order valence-corrected chi connectivity index (χ2v) is 25.3. The fourth-order valence-corrected chi connectivity index (χ4v) is 14.5. The third-order valence-electron chi connectivity index (χ3n) is 15.2. The molecule has 0 bridgehead atoms. The summed E-state index contributed by atoms with van der Waals surface area (Å²) in [4.78, 5) is 2.66. The number of nitrogens with one attached hydrogen (secondary N) is 1. The predicted molar refractivity (Wildman–Crippen MR) is 254 cm³/mol. The van der Waals surface area contributed by atoms with Crippen LogP contribution in [-0.2, 0) is 21.7 Å². The molecule has 58 heavy (non-hydrogen) atoms. The summed E-state index contributed by atoms with van der Waals surface area (Å²) >= 11 is 0. The van der Waals surface area contributed by atoms with Crippen LogP contribution in [0.15, 0.2) is 103 Å². The molecule has 0 amide bonds. The van der Waals surface area contributed by atoms with Crippen LogP contribution < -0.4 is 31.5 Å². The van der Waals surface area contributed by atoms with Crippen molar-refractivity contribution in [1.29, 1.82) is 0 Å². The lowest BCUT2D eigenvalue weighted by atomic mass is 9.54. The van der Waals surface area contributed by atoms with Gasteiger partial charge in [-0.05, 0) is 128 Å². The van der Waals surface area contributed by atoms with Gasteiger partial charge in [-0.25, -0.2) is 0 Å². The van der Waals surface area contributed by atoms with Gasteiger partial charge in [0.1, 0.15) is 8.07 Å². The average molecular weight is 774 g/mol. The highest BCUT2D eigenvalue weighted by Gasteiger charge is 2.44. The minimum absolute atomic E-state index is 0.0893. The van der Waals surface area contributed by atoms with E-state index in [2.05, 4.69) is 203 Å². The molecule has 0 fully saturated rings. The Morgan fingerprint density at radius 3 is 1.83 bits per heavy atom. The van der Waals surface area contributed by atoms with E-state index in [0.29, 0.717) is 0 Å². The summed E-state index contributed by atoms with van der Waals surface area (Å²) in [6.07, 6.45) is 2.39. The Morgan fingerprint density at radius 1 is 0.552 bits per heavy atom. The SMILES string of the molecule is Cc1cc(-c2cccc3c2Nc2ccccc2[Si]3(C)C)c2c(c1)N(c1cc3c(cc1C)C(C)(C)CCC3(C)C)c1cc3c(cc1[B]2)C(C)(C)c1ccccc1C3(C)C. The van der Waals surface area contributed by atoms with E-state index < -0.39 is 8.07 Å². The second-order valence-electron chi connectivity index (χ2n) is 21.0. The zero-order valence-corrected chi connectivity index (χ0v) is 37.8. The summed E-state index contributed by atoms with van der Waals surface area (Å²) in [5.41, 5.74) is 22.8. The molecule has 0 saturated heterocycles. The molecule has 0 aromatic heterocycles. The number of para-hydroxylation sites is 2. The number of hydrogen-bond donors (Lipinski definition) is 1. The summed E-state index contributed by atoms with van der Waals surface area (Å²) in [5, 5.41) is 6.94. The molecule has 0 unspecified atom stereocenters. The normalized spacial score (nSPS) is 19.1. The van der Waals surface area contributed by atoms with E-state index in [4.69, 9.17) is 0 Å². The molecule has 0 spiro atoms. The van der Waals surface area contributed by atoms with Gasteiger partial charge in [0.15, 0.2) is 7.28 Å². The van der Waals surface area contributed by atoms with E-state index in [1.165, 1.54) is 118 Å². The zero-order valence-electron chi connectivity index (χ0n) is 36.8. The first-order valence-corrected chi connectivity index (χ1v) is 24.6. The van der Waals surface area contributed by atoms with E-state index in [9.17, 15) is 0 Å². The maximum absolute atomic E-state index is 3.99. The third-order valence-corrected chi connectivity index (χ3v) is 18.7. The van der Waals surface area contributed by atoms with Gasteiger partial charge in [-0.15, -0.1) is 0 Å². The molecular formula is C54H58BN2Si. The van der Waals surface area contributed by atoms with Crippen LogP contribution in [0.5, 0.6) is 0 Å². The summed E-state index contributed by atoms with van der Waals surface area (Å²) in [7, 11) is 0.553. The first-order chi connectivity index (χ1) is 27.3. The van der Waals surface area contributed by atoms with E-state index >= 15 is 0 Å². The Kier molecular flexibility index (Phi) is 7.84. The Bertz CT molecular complexity index is 2750. The molecule has 10 rings (SSSR count). The number of rotatable bonds is 2. The van der Waals surface area contributed by atoms with Crippen molar-refractivity contribution in [2.45, 2.75) is 117 Å². The van der Waals surface area contributed by atoms with Crippen molar-refractivity contribution < 1.29 is 0 Å². The van der Waals surface area contributed by atoms with Crippen LogP contribution in [-0.4, -0.2) is 15.4 Å². The Labute approximate surface area is 349 Å². The molecule has 4 aliphatic rings. The molecule has 2 aliphatic heterocycles. The largest absolute Gasteiger partial charge is 0.355 e.